The molecule has 0 aliphatic carbocycles. The van der Waals surface area contributed by atoms with Gasteiger partial charge < -0.3 is 9.13 Å². The molecule has 0 fully saturated rings. The number of nitrogens with zero attached hydrogens (tertiary/aromatic N) is 2. The molecule has 0 aliphatic rings. The van der Waals surface area contributed by atoms with Crippen molar-refractivity contribution in [3.63, 3.8) is 0 Å². The van der Waals surface area contributed by atoms with Crippen molar-refractivity contribution < 1.29 is 0 Å². The van der Waals surface area contributed by atoms with Crippen molar-refractivity contribution in [1.29, 1.82) is 0 Å². The van der Waals surface area contributed by atoms with E-state index in [1.165, 1.54) is 98.9 Å². The molecule has 60 heavy (non-hydrogen) atoms. The van der Waals surface area contributed by atoms with Crippen molar-refractivity contribution in [3.05, 3.63) is 231 Å². The zero-order chi connectivity index (χ0) is 39.6. The number of hydrogen-bond acceptors (Lipinski definition) is 0. The molecule has 0 radical (unpaired) electrons. The largest absolute Gasteiger partial charge is 0.309 e. The van der Waals surface area contributed by atoms with Crippen LogP contribution < -0.4 is 0 Å². The minimum Gasteiger partial charge on any atom is -0.309 e. The molecule has 2 aromatic heterocycles. The molecule has 0 amide bonds. The van der Waals surface area contributed by atoms with E-state index in [1.807, 2.05) is 0 Å². The molecule has 0 aliphatic heterocycles. The van der Waals surface area contributed by atoms with Gasteiger partial charge in [0.15, 0.2) is 0 Å². The van der Waals surface area contributed by atoms with Gasteiger partial charge in [0.05, 0.1) is 22.1 Å². The summed E-state index contributed by atoms with van der Waals surface area (Å²) in [7, 11) is 0. The van der Waals surface area contributed by atoms with Crippen molar-refractivity contribution >= 4 is 54.4 Å². The summed E-state index contributed by atoms with van der Waals surface area (Å²) in [6.45, 7) is 0. The van der Waals surface area contributed by atoms with Crippen molar-refractivity contribution in [3.8, 4) is 55.9 Å². The fourth-order valence-corrected chi connectivity index (χ4v) is 9.52. The van der Waals surface area contributed by atoms with Gasteiger partial charge in [-0.2, -0.15) is 0 Å². The molecular weight excluding hydrogens is 725 g/mol. The van der Waals surface area contributed by atoms with Gasteiger partial charge in [-0.1, -0.05) is 158 Å². The highest BCUT2D eigenvalue weighted by molar-refractivity contribution is 6.10. The van der Waals surface area contributed by atoms with E-state index in [0.29, 0.717) is 0 Å². The smallest absolute Gasteiger partial charge is 0.0541 e. The maximum absolute atomic E-state index is 2.40. The van der Waals surface area contributed by atoms with Crippen LogP contribution in [-0.4, -0.2) is 9.13 Å². The third kappa shape index (κ3) is 5.50. The molecule has 2 nitrogen and oxygen atoms in total. The van der Waals surface area contributed by atoms with E-state index in [9.17, 15) is 0 Å². The van der Waals surface area contributed by atoms with Crippen molar-refractivity contribution in [1.82, 2.24) is 9.13 Å². The SMILES string of the molecule is c1ccc(-c2cc3cc(-c4ccc(-n5c6ccccc6c6ccccc65)cc4)c(-c4ccccc4)cc3cc2-c2ccc(-n3c4ccccc4c4ccccc43)cc2)cc1. The van der Waals surface area contributed by atoms with E-state index in [4.69, 9.17) is 0 Å². The van der Waals surface area contributed by atoms with Crippen LogP contribution in [0.4, 0.5) is 0 Å². The molecular formula is C58H38N2. The lowest BCUT2D eigenvalue weighted by atomic mass is 9.87. The molecule has 2 heteroatoms. The Hall–Kier alpha value is -7.94. The van der Waals surface area contributed by atoms with E-state index in [2.05, 4.69) is 240 Å². The Kier molecular flexibility index (Phi) is 7.89. The molecule has 0 N–H and O–H groups in total. The Balaban J connectivity index is 1.01. The van der Waals surface area contributed by atoms with E-state index in [0.717, 1.165) is 11.4 Å². The Morgan fingerprint density at radius 3 is 0.767 bits per heavy atom. The molecule has 0 saturated heterocycles. The van der Waals surface area contributed by atoms with Gasteiger partial charge in [-0.25, -0.2) is 0 Å². The molecule has 0 saturated carbocycles. The number of aromatic nitrogens is 2. The van der Waals surface area contributed by atoms with Gasteiger partial charge >= 0.3 is 0 Å². The number of hydrogen-bond donors (Lipinski definition) is 0. The molecule has 0 spiro atoms. The van der Waals surface area contributed by atoms with Gasteiger partial charge in [0.25, 0.3) is 0 Å². The standard InChI is InChI=1S/C58H38N2/c1-3-15-39(16-4-1)51-35-43-38-54(42-29-33-46(34-30-42)60-57-25-13-9-21-49(57)50-22-10-14-26-58(50)60)52(40-17-5-2-6-18-40)36-44(43)37-53(51)41-27-31-45(32-28-41)59-55-23-11-7-19-47(55)48-20-8-12-24-56(48)59/h1-38H. The van der Waals surface area contributed by atoms with Crippen LogP contribution in [0.5, 0.6) is 0 Å². The first-order valence-corrected chi connectivity index (χ1v) is 20.7. The van der Waals surface area contributed by atoms with Gasteiger partial charge in [0.2, 0.25) is 0 Å². The third-order valence-corrected chi connectivity index (χ3v) is 12.3. The topological polar surface area (TPSA) is 9.86 Å². The fourth-order valence-electron chi connectivity index (χ4n) is 9.52. The number of fused-ring (bicyclic) bond motifs is 7. The summed E-state index contributed by atoms with van der Waals surface area (Å²) >= 11 is 0. The normalized spacial score (nSPS) is 11.7. The van der Waals surface area contributed by atoms with Crippen LogP contribution in [0.1, 0.15) is 0 Å². The average molecular weight is 763 g/mol. The van der Waals surface area contributed by atoms with E-state index < -0.39 is 0 Å². The van der Waals surface area contributed by atoms with Crippen molar-refractivity contribution in [2.45, 2.75) is 0 Å². The first-order valence-electron chi connectivity index (χ1n) is 20.7. The second-order valence-electron chi connectivity index (χ2n) is 15.7. The molecule has 0 unspecified atom stereocenters. The molecule has 0 atom stereocenters. The highest BCUT2D eigenvalue weighted by atomic mass is 15.0. The molecule has 12 rings (SSSR count). The first kappa shape index (κ1) is 34.1. The molecule has 0 bridgehead atoms. The van der Waals surface area contributed by atoms with Crippen LogP contribution in [0, 0.1) is 0 Å². The van der Waals surface area contributed by atoms with Crippen molar-refractivity contribution in [2.24, 2.45) is 0 Å². The van der Waals surface area contributed by atoms with Crippen LogP contribution in [-0.2, 0) is 0 Å². The van der Waals surface area contributed by atoms with Crippen molar-refractivity contribution in [2.75, 3.05) is 0 Å². The predicted molar refractivity (Wildman–Crippen MR) is 254 cm³/mol. The lowest BCUT2D eigenvalue weighted by Crippen LogP contribution is -1.95. The molecule has 2 heterocycles. The van der Waals surface area contributed by atoms with E-state index >= 15 is 0 Å². The van der Waals surface area contributed by atoms with Crippen LogP contribution in [0.2, 0.25) is 0 Å². The fraction of sp³-hybridized carbons (Fsp3) is 0. The quantitative estimate of drug-likeness (QED) is 0.160. The zero-order valence-electron chi connectivity index (χ0n) is 32.8. The highest BCUT2D eigenvalue weighted by Gasteiger charge is 2.17. The molecule has 10 aromatic carbocycles. The Bertz CT molecular complexity index is 3210. The van der Waals surface area contributed by atoms with Crippen LogP contribution >= 0.6 is 0 Å². The molecule has 280 valence electrons. The lowest BCUT2D eigenvalue weighted by Gasteiger charge is -2.17. The van der Waals surface area contributed by atoms with Gasteiger partial charge in [-0.05, 0) is 128 Å². The van der Waals surface area contributed by atoms with Gasteiger partial charge in [0, 0.05) is 32.9 Å². The second kappa shape index (κ2) is 13.9. The van der Waals surface area contributed by atoms with E-state index in [1.54, 1.807) is 0 Å². The summed E-state index contributed by atoms with van der Waals surface area (Å²) in [6, 6.07) is 84.3. The summed E-state index contributed by atoms with van der Waals surface area (Å²) < 4.78 is 4.77. The number of rotatable bonds is 6. The zero-order valence-corrected chi connectivity index (χ0v) is 32.8. The van der Waals surface area contributed by atoms with Crippen LogP contribution in [0.3, 0.4) is 0 Å². The summed E-state index contributed by atoms with van der Waals surface area (Å²) in [5.74, 6) is 0. The predicted octanol–water partition coefficient (Wildman–Crippen LogP) is 15.7. The maximum Gasteiger partial charge on any atom is 0.0541 e. The molecule has 12 aromatic rings. The van der Waals surface area contributed by atoms with Gasteiger partial charge in [0.1, 0.15) is 0 Å². The van der Waals surface area contributed by atoms with E-state index in [-0.39, 0.29) is 0 Å². The van der Waals surface area contributed by atoms with Crippen LogP contribution in [0.25, 0.3) is 110 Å². The highest BCUT2D eigenvalue weighted by Crippen LogP contribution is 2.42. The number of para-hydroxylation sites is 4. The van der Waals surface area contributed by atoms with Gasteiger partial charge in [-0.15, -0.1) is 0 Å². The summed E-state index contributed by atoms with van der Waals surface area (Å²) in [5, 5.41) is 7.49. The Labute approximate surface area is 348 Å². The Morgan fingerprint density at radius 2 is 0.467 bits per heavy atom. The summed E-state index contributed by atoms with van der Waals surface area (Å²) in [4.78, 5) is 0. The second-order valence-corrected chi connectivity index (χ2v) is 15.7. The van der Waals surface area contributed by atoms with Crippen LogP contribution in [0.15, 0.2) is 231 Å². The summed E-state index contributed by atoms with van der Waals surface area (Å²) in [5.41, 5.74) is 16.8. The monoisotopic (exact) mass is 762 g/mol. The maximum atomic E-state index is 2.40. The summed E-state index contributed by atoms with van der Waals surface area (Å²) in [6.07, 6.45) is 0. The Morgan fingerprint density at radius 1 is 0.217 bits per heavy atom. The lowest BCUT2D eigenvalue weighted by molar-refractivity contribution is 1.18. The average Bonchev–Trinajstić information content (AvgIpc) is 3.85. The number of benzene rings is 10. The van der Waals surface area contributed by atoms with Gasteiger partial charge in [-0.3, -0.25) is 0 Å². The third-order valence-electron chi connectivity index (χ3n) is 12.3. The minimum absolute atomic E-state index is 1.15. The first-order chi connectivity index (χ1) is 29.8. The minimum atomic E-state index is 1.15.